The lowest BCUT2D eigenvalue weighted by atomic mass is 10.1. The first-order chi connectivity index (χ1) is 8.08. The molecule has 1 saturated carbocycles. The van der Waals surface area contributed by atoms with E-state index in [2.05, 4.69) is 5.32 Å². The summed E-state index contributed by atoms with van der Waals surface area (Å²) in [7, 11) is 0. The Morgan fingerprint density at radius 3 is 2.82 bits per heavy atom. The molecule has 0 saturated heterocycles. The summed E-state index contributed by atoms with van der Waals surface area (Å²) in [6.07, 6.45) is 2.93. The fourth-order valence-electron chi connectivity index (χ4n) is 2.21. The van der Waals surface area contributed by atoms with E-state index in [-0.39, 0.29) is 23.8 Å². The molecule has 0 spiro atoms. The van der Waals surface area contributed by atoms with Crippen molar-refractivity contribution >= 4 is 5.91 Å². The van der Waals surface area contributed by atoms with Crippen LogP contribution >= 0.6 is 0 Å². The molecule has 3 nitrogen and oxygen atoms in total. The zero-order valence-corrected chi connectivity index (χ0v) is 9.87. The van der Waals surface area contributed by atoms with Crippen molar-refractivity contribution in [3.63, 3.8) is 0 Å². The molecule has 1 aromatic rings. The second kappa shape index (κ2) is 4.84. The number of nitrogens with one attached hydrogen (secondary N) is 1. The molecule has 92 valence electrons. The summed E-state index contributed by atoms with van der Waals surface area (Å²) in [6, 6.07) is 4.47. The molecule has 0 aromatic heterocycles. The maximum atomic E-state index is 13.1. The summed E-state index contributed by atoms with van der Waals surface area (Å²) in [5.74, 6) is -0.463. The van der Waals surface area contributed by atoms with E-state index < -0.39 is 0 Å². The number of benzene rings is 1. The van der Waals surface area contributed by atoms with Gasteiger partial charge in [0.15, 0.2) is 0 Å². The van der Waals surface area contributed by atoms with E-state index in [1.807, 2.05) is 0 Å². The predicted octanol–water partition coefficient (Wildman–Crippen LogP) is 1.74. The zero-order valence-electron chi connectivity index (χ0n) is 9.87. The Balaban J connectivity index is 2.06. The van der Waals surface area contributed by atoms with E-state index >= 15 is 0 Å². The van der Waals surface area contributed by atoms with Gasteiger partial charge in [0, 0.05) is 17.6 Å². The van der Waals surface area contributed by atoms with E-state index in [9.17, 15) is 9.18 Å². The molecule has 1 fully saturated rings. The summed E-state index contributed by atoms with van der Waals surface area (Å²) in [5.41, 5.74) is 6.85. The van der Waals surface area contributed by atoms with E-state index in [1.165, 1.54) is 12.1 Å². The van der Waals surface area contributed by atoms with Crippen LogP contribution in [0, 0.1) is 12.7 Å². The average molecular weight is 236 g/mol. The second-order valence-corrected chi connectivity index (χ2v) is 4.64. The average Bonchev–Trinajstić information content (AvgIpc) is 2.68. The van der Waals surface area contributed by atoms with Crippen LogP contribution in [-0.4, -0.2) is 18.0 Å². The molecule has 3 N–H and O–H groups in total. The topological polar surface area (TPSA) is 55.1 Å². The van der Waals surface area contributed by atoms with Gasteiger partial charge in [0.25, 0.3) is 5.91 Å². The van der Waals surface area contributed by atoms with Crippen LogP contribution < -0.4 is 11.1 Å². The van der Waals surface area contributed by atoms with E-state index in [0.717, 1.165) is 19.3 Å². The molecular formula is C13H17FN2O. The van der Waals surface area contributed by atoms with Crippen LogP contribution in [0.4, 0.5) is 4.39 Å². The first kappa shape index (κ1) is 12.0. The fourth-order valence-corrected chi connectivity index (χ4v) is 2.21. The van der Waals surface area contributed by atoms with Crippen molar-refractivity contribution in [1.29, 1.82) is 0 Å². The van der Waals surface area contributed by atoms with Crippen molar-refractivity contribution in [1.82, 2.24) is 5.32 Å². The number of hydrogen-bond donors (Lipinski definition) is 2. The van der Waals surface area contributed by atoms with Crippen molar-refractivity contribution in [2.24, 2.45) is 5.73 Å². The third-order valence-electron chi connectivity index (χ3n) is 3.31. The van der Waals surface area contributed by atoms with Crippen LogP contribution in [-0.2, 0) is 0 Å². The van der Waals surface area contributed by atoms with Gasteiger partial charge in [-0.3, -0.25) is 4.79 Å². The number of carbonyl (C=O) groups is 1. The van der Waals surface area contributed by atoms with Crippen molar-refractivity contribution < 1.29 is 9.18 Å². The van der Waals surface area contributed by atoms with Gasteiger partial charge in [-0.15, -0.1) is 0 Å². The number of amides is 1. The van der Waals surface area contributed by atoms with Gasteiger partial charge in [-0.25, -0.2) is 4.39 Å². The molecule has 2 atom stereocenters. The van der Waals surface area contributed by atoms with E-state index in [4.69, 9.17) is 5.73 Å². The number of carbonyl (C=O) groups excluding carboxylic acids is 1. The number of hydrogen-bond acceptors (Lipinski definition) is 2. The standard InChI is InChI=1S/C13H17FN2O/c1-8-7-9(5-6-10(8)14)13(17)16-12-4-2-3-11(12)15/h5-7,11-12H,2-4,15H2,1H3,(H,16,17). The SMILES string of the molecule is Cc1cc(C(=O)NC2CCCC2N)ccc1F. The van der Waals surface area contributed by atoms with E-state index in [1.54, 1.807) is 13.0 Å². The maximum Gasteiger partial charge on any atom is 0.251 e. The molecule has 1 aromatic carbocycles. The van der Waals surface area contributed by atoms with E-state index in [0.29, 0.717) is 11.1 Å². The number of nitrogens with two attached hydrogens (primary N) is 1. The number of aryl methyl sites for hydroxylation is 1. The normalized spacial score (nSPS) is 23.7. The van der Waals surface area contributed by atoms with Gasteiger partial charge in [-0.2, -0.15) is 0 Å². The molecule has 0 bridgehead atoms. The monoisotopic (exact) mass is 236 g/mol. The highest BCUT2D eigenvalue weighted by atomic mass is 19.1. The highest BCUT2D eigenvalue weighted by Gasteiger charge is 2.25. The van der Waals surface area contributed by atoms with Crippen LogP contribution in [0.2, 0.25) is 0 Å². The Kier molecular flexibility index (Phi) is 3.43. The van der Waals surface area contributed by atoms with Gasteiger partial charge in [-0.05, 0) is 49.9 Å². The van der Waals surface area contributed by atoms with Gasteiger partial charge < -0.3 is 11.1 Å². The lowest BCUT2D eigenvalue weighted by Gasteiger charge is -2.17. The molecule has 17 heavy (non-hydrogen) atoms. The molecule has 1 amide bonds. The minimum absolute atomic E-state index is 0.0421. The summed E-state index contributed by atoms with van der Waals surface area (Å²) >= 11 is 0. The van der Waals surface area contributed by atoms with Crippen LogP contribution in [0.1, 0.15) is 35.2 Å². The first-order valence-electron chi connectivity index (χ1n) is 5.90. The first-order valence-corrected chi connectivity index (χ1v) is 5.90. The quantitative estimate of drug-likeness (QED) is 0.821. The van der Waals surface area contributed by atoms with Crippen LogP contribution in [0.3, 0.4) is 0 Å². The van der Waals surface area contributed by atoms with Gasteiger partial charge in [-0.1, -0.05) is 0 Å². The van der Waals surface area contributed by atoms with Crippen molar-refractivity contribution in [2.75, 3.05) is 0 Å². The molecule has 0 heterocycles. The Labute approximate surface area is 100 Å². The Bertz CT molecular complexity index is 433. The van der Waals surface area contributed by atoms with Gasteiger partial charge >= 0.3 is 0 Å². The molecule has 0 radical (unpaired) electrons. The highest BCUT2D eigenvalue weighted by Crippen LogP contribution is 2.18. The molecule has 1 aliphatic carbocycles. The minimum atomic E-state index is -0.292. The van der Waals surface area contributed by atoms with Crippen LogP contribution in [0.15, 0.2) is 18.2 Å². The highest BCUT2D eigenvalue weighted by molar-refractivity contribution is 5.94. The Morgan fingerprint density at radius 1 is 1.47 bits per heavy atom. The Hall–Kier alpha value is -1.42. The van der Waals surface area contributed by atoms with Crippen molar-refractivity contribution in [3.8, 4) is 0 Å². The molecule has 2 rings (SSSR count). The van der Waals surface area contributed by atoms with Gasteiger partial charge in [0.1, 0.15) is 5.82 Å². The third kappa shape index (κ3) is 2.64. The lowest BCUT2D eigenvalue weighted by molar-refractivity contribution is 0.0934. The minimum Gasteiger partial charge on any atom is -0.348 e. The van der Waals surface area contributed by atoms with Gasteiger partial charge in [0.2, 0.25) is 0 Å². The molecule has 4 heteroatoms. The maximum absolute atomic E-state index is 13.1. The number of halogens is 1. The second-order valence-electron chi connectivity index (χ2n) is 4.64. The predicted molar refractivity (Wildman–Crippen MR) is 64.2 cm³/mol. The Morgan fingerprint density at radius 2 is 2.24 bits per heavy atom. The van der Waals surface area contributed by atoms with Gasteiger partial charge in [0.05, 0.1) is 0 Å². The zero-order chi connectivity index (χ0) is 12.4. The van der Waals surface area contributed by atoms with Crippen LogP contribution in [0.25, 0.3) is 0 Å². The molecular weight excluding hydrogens is 219 g/mol. The third-order valence-corrected chi connectivity index (χ3v) is 3.31. The molecule has 2 unspecified atom stereocenters. The molecule has 0 aliphatic heterocycles. The lowest BCUT2D eigenvalue weighted by Crippen LogP contribution is -2.43. The smallest absolute Gasteiger partial charge is 0.251 e. The number of rotatable bonds is 2. The fraction of sp³-hybridized carbons (Fsp3) is 0.462. The van der Waals surface area contributed by atoms with Crippen LogP contribution in [0.5, 0.6) is 0 Å². The summed E-state index contributed by atoms with van der Waals surface area (Å²) in [6.45, 7) is 1.65. The van der Waals surface area contributed by atoms with Crippen molar-refractivity contribution in [2.45, 2.75) is 38.3 Å². The summed E-state index contributed by atoms with van der Waals surface area (Å²) in [4.78, 5) is 11.9. The summed E-state index contributed by atoms with van der Waals surface area (Å²) < 4.78 is 13.1. The van der Waals surface area contributed by atoms with Crippen molar-refractivity contribution in [3.05, 3.63) is 35.1 Å². The molecule has 1 aliphatic rings. The largest absolute Gasteiger partial charge is 0.348 e. The summed E-state index contributed by atoms with van der Waals surface area (Å²) in [5, 5.41) is 2.91.